The van der Waals surface area contributed by atoms with Gasteiger partial charge in [0.1, 0.15) is 4.21 Å². The molecule has 2 heterocycles. The number of carbonyl (C=O) groups is 2. The second-order valence-electron chi connectivity index (χ2n) is 6.55. The van der Waals surface area contributed by atoms with Gasteiger partial charge in [-0.25, -0.2) is 13.2 Å². The molecule has 1 saturated heterocycles. The zero-order valence-electron chi connectivity index (χ0n) is 15.8. The Labute approximate surface area is 178 Å². The molecule has 0 spiro atoms. The van der Waals surface area contributed by atoms with Crippen molar-refractivity contribution in [1.82, 2.24) is 4.31 Å². The average Bonchev–Trinajstić information content (AvgIpc) is 3.16. The van der Waals surface area contributed by atoms with Crippen LogP contribution in [0.1, 0.15) is 30.1 Å². The smallest absolute Gasteiger partial charge is 0.338 e. The largest absolute Gasteiger partial charge is 0.462 e. The van der Waals surface area contributed by atoms with Crippen molar-refractivity contribution < 1.29 is 22.7 Å². The van der Waals surface area contributed by atoms with Crippen molar-refractivity contribution in [2.24, 2.45) is 5.92 Å². The topological polar surface area (TPSA) is 92.8 Å². The molecule has 3 rings (SSSR count). The van der Waals surface area contributed by atoms with E-state index in [2.05, 4.69) is 5.32 Å². The Morgan fingerprint density at radius 3 is 2.59 bits per heavy atom. The fraction of sp³-hybridized carbons (Fsp3) is 0.368. The van der Waals surface area contributed by atoms with Crippen LogP contribution in [0.2, 0.25) is 4.34 Å². The van der Waals surface area contributed by atoms with E-state index in [1.54, 1.807) is 37.3 Å². The Morgan fingerprint density at radius 1 is 1.24 bits per heavy atom. The highest BCUT2D eigenvalue weighted by Gasteiger charge is 2.34. The number of hydrogen-bond donors (Lipinski definition) is 1. The minimum absolute atomic E-state index is 0.116. The van der Waals surface area contributed by atoms with Crippen LogP contribution in [0.3, 0.4) is 0 Å². The number of nitrogens with one attached hydrogen (secondary N) is 1. The Morgan fingerprint density at radius 2 is 1.97 bits per heavy atom. The fourth-order valence-electron chi connectivity index (χ4n) is 3.09. The van der Waals surface area contributed by atoms with Crippen molar-refractivity contribution in [3.8, 4) is 0 Å². The van der Waals surface area contributed by atoms with Gasteiger partial charge in [-0.1, -0.05) is 11.6 Å². The highest BCUT2D eigenvalue weighted by atomic mass is 35.5. The van der Waals surface area contributed by atoms with Gasteiger partial charge in [-0.05, 0) is 56.2 Å². The summed E-state index contributed by atoms with van der Waals surface area (Å²) in [6, 6.07) is 9.42. The number of piperidine rings is 1. The van der Waals surface area contributed by atoms with E-state index in [1.165, 1.54) is 10.4 Å². The van der Waals surface area contributed by atoms with Gasteiger partial charge >= 0.3 is 5.97 Å². The number of benzene rings is 1. The number of esters is 1. The van der Waals surface area contributed by atoms with Crippen LogP contribution in [0.25, 0.3) is 0 Å². The molecule has 0 aliphatic carbocycles. The maximum Gasteiger partial charge on any atom is 0.338 e. The number of amides is 1. The molecule has 1 unspecified atom stereocenters. The van der Waals surface area contributed by atoms with Gasteiger partial charge in [0.15, 0.2) is 0 Å². The van der Waals surface area contributed by atoms with Crippen molar-refractivity contribution in [3.63, 3.8) is 0 Å². The third-order valence-corrected chi connectivity index (χ3v) is 8.12. The van der Waals surface area contributed by atoms with Crippen molar-refractivity contribution in [3.05, 3.63) is 46.3 Å². The second kappa shape index (κ2) is 9.25. The van der Waals surface area contributed by atoms with Gasteiger partial charge in [0.05, 0.1) is 22.4 Å². The summed E-state index contributed by atoms with van der Waals surface area (Å²) in [5.74, 6) is -1.14. The second-order valence-corrected chi connectivity index (χ2v) is 10.4. The molecule has 7 nitrogen and oxygen atoms in total. The molecule has 0 bridgehead atoms. The van der Waals surface area contributed by atoms with Gasteiger partial charge in [-0.3, -0.25) is 4.79 Å². The van der Waals surface area contributed by atoms with Gasteiger partial charge in [-0.2, -0.15) is 4.31 Å². The molecule has 156 valence electrons. The van der Waals surface area contributed by atoms with E-state index in [1.807, 2.05) is 0 Å². The molecular weight excluding hydrogens is 436 g/mol. The lowest BCUT2D eigenvalue weighted by atomic mass is 9.98. The van der Waals surface area contributed by atoms with Crippen molar-refractivity contribution in [2.75, 3.05) is 25.0 Å². The normalized spacial score (nSPS) is 17.7. The summed E-state index contributed by atoms with van der Waals surface area (Å²) < 4.78 is 32.4. The predicted octanol–water partition coefficient (Wildman–Crippen LogP) is 3.62. The number of carbonyl (C=O) groups excluding carboxylic acids is 2. The zero-order valence-corrected chi connectivity index (χ0v) is 18.1. The van der Waals surface area contributed by atoms with Gasteiger partial charge < -0.3 is 10.1 Å². The Bertz CT molecular complexity index is 988. The molecule has 1 N–H and O–H groups in total. The van der Waals surface area contributed by atoms with E-state index in [9.17, 15) is 18.0 Å². The first-order valence-corrected chi connectivity index (χ1v) is 11.8. The van der Waals surface area contributed by atoms with E-state index in [0.29, 0.717) is 35.0 Å². The number of anilines is 1. The highest BCUT2D eigenvalue weighted by molar-refractivity contribution is 7.91. The lowest BCUT2D eigenvalue weighted by Crippen LogP contribution is -2.43. The van der Waals surface area contributed by atoms with Gasteiger partial charge in [0.25, 0.3) is 10.0 Å². The van der Waals surface area contributed by atoms with Crippen molar-refractivity contribution in [1.29, 1.82) is 0 Å². The van der Waals surface area contributed by atoms with E-state index >= 15 is 0 Å². The van der Waals surface area contributed by atoms with E-state index < -0.39 is 21.9 Å². The van der Waals surface area contributed by atoms with E-state index in [4.69, 9.17) is 16.3 Å². The molecule has 1 aliphatic rings. The fourth-order valence-corrected chi connectivity index (χ4v) is 6.25. The van der Waals surface area contributed by atoms with Crippen molar-refractivity contribution in [2.45, 2.75) is 24.0 Å². The molecule has 10 heteroatoms. The molecular formula is C19H21ClN2O5S2. The van der Waals surface area contributed by atoms with E-state index in [-0.39, 0.29) is 23.3 Å². The summed E-state index contributed by atoms with van der Waals surface area (Å²) in [5.41, 5.74) is 0.933. The van der Waals surface area contributed by atoms with Crippen molar-refractivity contribution >= 4 is 50.5 Å². The van der Waals surface area contributed by atoms with Crippen LogP contribution < -0.4 is 5.32 Å². The molecule has 29 heavy (non-hydrogen) atoms. The lowest BCUT2D eigenvalue weighted by Gasteiger charge is -2.30. The number of ether oxygens (including phenoxy) is 1. The minimum Gasteiger partial charge on any atom is -0.462 e. The van der Waals surface area contributed by atoms with Gasteiger partial charge in [-0.15, -0.1) is 11.3 Å². The van der Waals surface area contributed by atoms with Crippen LogP contribution in [0.15, 0.2) is 40.6 Å². The van der Waals surface area contributed by atoms with E-state index in [0.717, 1.165) is 11.3 Å². The summed E-state index contributed by atoms with van der Waals surface area (Å²) in [6.07, 6.45) is 1.20. The molecule has 0 radical (unpaired) electrons. The van der Waals surface area contributed by atoms with Gasteiger partial charge in [0, 0.05) is 18.8 Å². The molecule has 1 aliphatic heterocycles. The van der Waals surface area contributed by atoms with Crippen LogP contribution in [0, 0.1) is 5.92 Å². The van der Waals surface area contributed by atoms with Gasteiger partial charge in [0.2, 0.25) is 5.91 Å². The summed E-state index contributed by atoms with van der Waals surface area (Å²) in [5, 5.41) is 2.79. The molecule has 1 fully saturated rings. The first-order chi connectivity index (χ1) is 13.8. The van der Waals surface area contributed by atoms with Crippen LogP contribution in [-0.2, 0) is 19.6 Å². The molecule has 1 aromatic carbocycles. The number of nitrogens with zero attached hydrogens (tertiary/aromatic N) is 1. The quantitative estimate of drug-likeness (QED) is 0.670. The predicted molar refractivity (Wildman–Crippen MR) is 112 cm³/mol. The Kier molecular flexibility index (Phi) is 6.94. The summed E-state index contributed by atoms with van der Waals surface area (Å²) in [6.45, 7) is 2.50. The van der Waals surface area contributed by atoms with Crippen LogP contribution in [0.4, 0.5) is 5.69 Å². The number of halogens is 1. The number of sulfonamides is 1. The summed E-state index contributed by atoms with van der Waals surface area (Å²) in [4.78, 5) is 24.4. The molecule has 1 amide bonds. The number of thiophene rings is 1. The first kappa shape index (κ1) is 21.8. The summed E-state index contributed by atoms with van der Waals surface area (Å²) in [7, 11) is -3.67. The SMILES string of the molecule is CCOC(=O)c1ccc(NC(=O)C2CCCN(S(=O)(=O)c3ccc(Cl)s3)C2)cc1. The maximum absolute atomic E-state index is 12.8. The lowest BCUT2D eigenvalue weighted by molar-refractivity contribution is -0.120. The Balaban J connectivity index is 1.64. The maximum atomic E-state index is 12.8. The molecule has 2 aromatic rings. The third-order valence-electron chi connectivity index (χ3n) is 4.56. The van der Waals surface area contributed by atoms with Crippen LogP contribution in [-0.4, -0.2) is 44.3 Å². The monoisotopic (exact) mass is 456 g/mol. The van der Waals surface area contributed by atoms with Crippen LogP contribution >= 0.6 is 22.9 Å². The number of rotatable bonds is 6. The average molecular weight is 457 g/mol. The number of hydrogen-bond acceptors (Lipinski definition) is 6. The molecule has 0 saturated carbocycles. The molecule has 1 aromatic heterocycles. The Hall–Kier alpha value is -1.94. The highest BCUT2D eigenvalue weighted by Crippen LogP contribution is 2.31. The molecule has 1 atom stereocenters. The van der Waals surface area contributed by atoms with Crippen LogP contribution in [0.5, 0.6) is 0 Å². The first-order valence-electron chi connectivity index (χ1n) is 9.15. The third kappa shape index (κ3) is 5.16. The minimum atomic E-state index is -3.67. The zero-order chi connectivity index (χ0) is 21.0. The summed E-state index contributed by atoms with van der Waals surface area (Å²) >= 11 is 6.87. The standard InChI is InChI=1S/C19H21ClN2O5S2/c1-2-27-19(24)13-5-7-15(8-6-13)21-18(23)14-4-3-11-22(12-14)29(25,26)17-10-9-16(20)28-17/h5-10,14H,2-4,11-12H2,1H3,(H,21,23).